The van der Waals surface area contributed by atoms with Crippen molar-refractivity contribution in [1.82, 2.24) is 20.9 Å². The van der Waals surface area contributed by atoms with E-state index in [1.54, 1.807) is 0 Å². The van der Waals surface area contributed by atoms with Gasteiger partial charge in [-0.25, -0.2) is 0 Å². The molecule has 0 aliphatic carbocycles. The van der Waals surface area contributed by atoms with E-state index in [0.29, 0.717) is 0 Å². The molecule has 0 spiro atoms. The molecule has 0 aromatic rings. The van der Waals surface area contributed by atoms with Gasteiger partial charge in [-0.05, 0) is 58.5 Å². The maximum atomic E-state index is 10.8. The van der Waals surface area contributed by atoms with E-state index in [0.717, 1.165) is 71.6 Å². The fourth-order valence-corrected chi connectivity index (χ4v) is 2.18. The molecule has 0 amide bonds. The molecule has 0 aromatic heterocycles. The van der Waals surface area contributed by atoms with E-state index < -0.39 is 5.97 Å². The van der Waals surface area contributed by atoms with Gasteiger partial charge in [0.1, 0.15) is 0 Å². The molecule has 1 fully saturated rings. The first-order valence-corrected chi connectivity index (χ1v) is 7.35. The second-order valence-electron chi connectivity index (χ2n) is 4.98. The van der Waals surface area contributed by atoms with E-state index in [1.807, 2.05) is 4.90 Å². The lowest BCUT2D eigenvalue weighted by molar-refractivity contribution is -0.138. The van der Waals surface area contributed by atoms with Crippen LogP contribution < -0.4 is 16.0 Å². The number of hydrogen-bond acceptors (Lipinski definition) is 5. The lowest BCUT2D eigenvalue weighted by Gasteiger charge is -2.20. The van der Waals surface area contributed by atoms with E-state index in [9.17, 15) is 4.79 Å². The van der Waals surface area contributed by atoms with E-state index in [-0.39, 0.29) is 6.54 Å². The van der Waals surface area contributed by atoms with Crippen LogP contribution >= 0.6 is 0 Å². The fraction of sp³-hybridized carbons (Fsp3) is 0.923. The fourth-order valence-electron chi connectivity index (χ4n) is 2.18. The third-order valence-electron chi connectivity index (χ3n) is 3.21. The minimum atomic E-state index is -0.741. The largest absolute Gasteiger partial charge is 0.480 e. The summed E-state index contributed by atoms with van der Waals surface area (Å²) in [6, 6.07) is 0. The summed E-state index contributed by atoms with van der Waals surface area (Å²) in [6.45, 7) is 7.76. The van der Waals surface area contributed by atoms with E-state index in [4.69, 9.17) is 5.11 Å². The summed E-state index contributed by atoms with van der Waals surface area (Å²) >= 11 is 0. The summed E-state index contributed by atoms with van der Waals surface area (Å²) in [4.78, 5) is 12.8. The van der Waals surface area contributed by atoms with Crippen LogP contribution in [0.2, 0.25) is 0 Å². The first kappa shape index (κ1) is 16.4. The van der Waals surface area contributed by atoms with Crippen molar-refractivity contribution in [1.29, 1.82) is 0 Å². The number of hydrogen-bond donors (Lipinski definition) is 4. The Morgan fingerprint density at radius 2 is 1.37 bits per heavy atom. The van der Waals surface area contributed by atoms with Gasteiger partial charge in [-0.3, -0.25) is 9.69 Å². The average molecular weight is 272 g/mol. The van der Waals surface area contributed by atoms with Gasteiger partial charge in [-0.1, -0.05) is 0 Å². The highest BCUT2D eigenvalue weighted by Crippen LogP contribution is 1.91. The Morgan fingerprint density at radius 1 is 0.842 bits per heavy atom. The molecule has 0 saturated carbocycles. The van der Waals surface area contributed by atoms with Crippen LogP contribution in [0.4, 0.5) is 0 Å². The molecule has 1 aliphatic rings. The number of nitrogens with zero attached hydrogens (tertiary/aromatic N) is 1. The number of rotatable bonds is 2. The van der Waals surface area contributed by atoms with Crippen molar-refractivity contribution in [2.45, 2.75) is 19.3 Å². The van der Waals surface area contributed by atoms with E-state index in [1.165, 1.54) is 0 Å². The molecule has 0 atom stereocenters. The van der Waals surface area contributed by atoms with Crippen molar-refractivity contribution in [3.63, 3.8) is 0 Å². The Morgan fingerprint density at radius 3 is 1.95 bits per heavy atom. The molecule has 6 heteroatoms. The second kappa shape index (κ2) is 11.2. The second-order valence-corrected chi connectivity index (χ2v) is 4.98. The van der Waals surface area contributed by atoms with Crippen LogP contribution in [0, 0.1) is 0 Å². The van der Waals surface area contributed by atoms with E-state index in [2.05, 4.69) is 16.0 Å². The SMILES string of the molecule is O=C(O)CN1CCCNCCCNCCCNCC1. The molecule has 1 aliphatic heterocycles. The van der Waals surface area contributed by atoms with Gasteiger partial charge in [0, 0.05) is 13.1 Å². The van der Waals surface area contributed by atoms with E-state index >= 15 is 0 Å². The van der Waals surface area contributed by atoms with Crippen molar-refractivity contribution >= 4 is 5.97 Å². The molecule has 112 valence electrons. The number of carboxylic acids is 1. The van der Waals surface area contributed by atoms with Crippen LogP contribution in [0.3, 0.4) is 0 Å². The van der Waals surface area contributed by atoms with Gasteiger partial charge in [0.2, 0.25) is 0 Å². The van der Waals surface area contributed by atoms with Crippen LogP contribution in [-0.4, -0.2) is 74.9 Å². The standard InChI is InChI=1S/C13H28N4O2/c18-13(19)12-17-10-3-8-15-6-1-4-14-5-2-7-16-9-11-17/h14-16H,1-12H2,(H,18,19). The molecule has 1 rings (SSSR count). The van der Waals surface area contributed by atoms with Crippen LogP contribution in [-0.2, 0) is 4.79 Å². The molecule has 0 unspecified atom stereocenters. The summed E-state index contributed by atoms with van der Waals surface area (Å²) in [6.07, 6.45) is 3.26. The molecular weight excluding hydrogens is 244 g/mol. The molecule has 0 aromatic carbocycles. The predicted octanol–water partition coefficient (Wildman–Crippen LogP) is -0.674. The molecule has 6 nitrogen and oxygen atoms in total. The third-order valence-corrected chi connectivity index (χ3v) is 3.21. The highest BCUT2D eigenvalue weighted by atomic mass is 16.4. The number of carbonyl (C=O) groups is 1. The van der Waals surface area contributed by atoms with Crippen LogP contribution in [0.15, 0.2) is 0 Å². The van der Waals surface area contributed by atoms with Gasteiger partial charge in [0.15, 0.2) is 0 Å². The Bertz CT molecular complexity index is 223. The van der Waals surface area contributed by atoms with Crippen molar-refractivity contribution < 1.29 is 9.90 Å². The lowest BCUT2D eigenvalue weighted by atomic mass is 10.3. The first-order valence-electron chi connectivity index (χ1n) is 7.35. The lowest BCUT2D eigenvalue weighted by Crippen LogP contribution is -2.37. The number of aliphatic carboxylic acids is 1. The van der Waals surface area contributed by atoms with Crippen molar-refractivity contribution in [3.8, 4) is 0 Å². The Kier molecular flexibility index (Phi) is 9.61. The summed E-state index contributed by atoms with van der Waals surface area (Å²) in [5.74, 6) is -0.741. The molecule has 4 N–H and O–H groups in total. The normalized spacial score (nSPS) is 22.3. The van der Waals surface area contributed by atoms with Crippen LogP contribution in [0.25, 0.3) is 0 Å². The monoisotopic (exact) mass is 272 g/mol. The summed E-state index contributed by atoms with van der Waals surface area (Å²) < 4.78 is 0. The maximum absolute atomic E-state index is 10.8. The number of carboxylic acid groups (broad SMARTS) is 1. The van der Waals surface area contributed by atoms with Crippen molar-refractivity contribution in [2.24, 2.45) is 0 Å². The van der Waals surface area contributed by atoms with Gasteiger partial charge < -0.3 is 21.1 Å². The van der Waals surface area contributed by atoms with Gasteiger partial charge in [-0.2, -0.15) is 0 Å². The summed E-state index contributed by atoms with van der Waals surface area (Å²) in [7, 11) is 0. The molecule has 1 heterocycles. The summed E-state index contributed by atoms with van der Waals surface area (Å²) in [5.41, 5.74) is 0. The third kappa shape index (κ3) is 9.84. The van der Waals surface area contributed by atoms with Crippen LogP contribution in [0.1, 0.15) is 19.3 Å². The van der Waals surface area contributed by atoms with Crippen molar-refractivity contribution in [2.75, 3.05) is 58.9 Å². The van der Waals surface area contributed by atoms with Gasteiger partial charge in [0.05, 0.1) is 6.54 Å². The zero-order valence-corrected chi connectivity index (χ0v) is 11.8. The van der Waals surface area contributed by atoms with Crippen LogP contribution in [0.5, 0.6) is 0 Å². The predicted molar refractivity (Wildman–Crippen MR) is 76.5 cm³/mol. The van der Waals surface area contributed by atoms with Gasteiger partial charge >= 0.3 is 5.97 Å². The molecule has 19 heavy (non-hydrogen) atoms. The average Bonchev–Trinajstić information content (AvgIpc) is 2.38. The minimum Gasteiger partial charge on any atom is -0.480 e. The molecular formula is C13H28N4O2. The first-order chi connectivity index (χ1) is 9.29. The zero-order chi connectivity index (χ0) is 13.8. The topological polar surface area (TPSA) is 76.6 Å². The van der Waals surface area contributed by atoms with Gasteiger partial charge in [-0.15, -0.1) is 0 Å². The highest BCUT2D eigenvalue weighted by molar-refractivity contribution is 5.69. The summed E-state index contributed by atoms with van der Waals surface area (Å²) in [5, 5.41) is 19.1. The molecule has 0 radical (unpaired) electrons. The smallest absolute Gasteiger partial charge is 0.317 e. The Hall–Kier alpha value is -0.690. The Labute approximate surface area is 115 Å². The quantitative estimate of drug-likeness (QED) is 0.534. The molecule has 0 bridgehead atoms. The molecule has 1 saturated heterocycles. The van der Waals surface area contributed by atoms with Crippen molar-refractivity contribution in [3.05, 3.63) is 0 Å². The zero-order valence-electron chi connectivity index (χ0n) is 11.8. The number of nitrogens with one attached hydrogen (secondary N) is 3. The minimum absolute atomic E-state index is 0.142. The highest BCUT2D eigenvalue weighted by Gasteiger charge is 2.08. The Balaban J connectivity index is 2.27. The maximum Gasteiger partial charge on any atom is 0.317 e. The van der Waals surface area contributed by atoms with Gasteiger partial charge in [0.25, 0.3) is 0 Å².